The van der Waals surface area contributed by atoms with E-state index in [1.54, 1.807) is 24.3 Å². The molecular formula is C18H13N3O4S2. The monoisotopic (exact) mass is 399 g/mol. The van der Waals surface area contributed by atoms with E-state index in [1.807, 2.05) is 11.4 Å². The standard InChI is InChI=1S/C18H13N3O4S2/c22-14(9-27-16-13-5-8-26-15(13)19-10-20-16)25-7-6-21-17(23)11-3-1-2-4-12(11)18(21)24/h1-5,8,10H,6-7,9H2. The van der Waals surface area contributed by atoms with Crippen LogP contribution in [0.3, 0.4) is 0 Å². The molecule has 0 atom stereocenters. The number of carbonyl (C=O) groups excluding carboxylic acids is 3. The van der Waals surface area contributed by atoms with E-state index in [1.165, 1.54) is 29.4 Å². The van der Waals surface area contributed by atoms with E-state index in [4.69, 9.17) is 4.74 Å². The molecule has 1 aliphatic rings. The molecule has 9 heteroatoms. The van der Waals surface area contributed by atoms with Crippen LogP contribution in [0.2, 0.25) is 0 Å². The molecule has 3 heterocycles. The summed E-state index contributed by atoms with van der Waals surface area (Å²) in [6.07, 6.45) is 1.47. The Morgan fingerprint density at radius 1 is 1.11 bits per heavy atom. The van der Waals surface area contributed by atoms with Gasteiger partial charge in [0.2, 0.25) is 0 Å². The van der Waals surface area contributed by atoms with Crippen molar-refractivity contribution in [3.63, 3.8) is 0 Å². The van der Waals surface area contributed by atoms with Gasteiger partial charge in [0.15, 0.2) is 0 Å². The van der Waals surface area contributed by atoms with Crippen LogP contribution in [0.15, 0.2) is 47.1 Å². The van der Waals surface area contributed by atoms with Crippen LogP contribution in [-0.2, 0) is 9.53 Å². The lowest BCUT2D eigenvalue weighted by molar-refractivity contribution is -0.140. The molecule has 0 saturated heterocycles. The van der Waals surface area contributed by atoms with Crippen molar-refractivity contribution < 1.29 is 19.1 Å². The van der Waals surface area contributed by atoms with E-state index in [0.29, 0.717) is 11.1 Å². The molecule has 4 rings (SSSR count). The minimum atomic E-state index is -0.432. The second kappa shape index (κ2) is 7.45. The molecule has 136 valence electrons. The van der Waals surface area contributed by atoms with Crippen LogP contribution >= 0.6 is 23.1 Å². The van der Waals surface area contributed by atoms with Crippen LogP contribution in [0.25, 0.3) is 10.2 Å². The third-order valence-corrected chi connectivity index (χ3v) is 5.81. The van der Waals surface area contributed by atoms with Crippen molar-refractivity contribution >= 4 is 51.1 Å². The minimum absolute atomic E-state index is 0.0328. The zero-order valence-electron chi connectivity index (χ0n) is 14.0. The van der Waals surface area contributed by atoms with Crippen molar-refractivity contribution in [2.75, 3.05) is 18.9 Å². The summed E-state index contributed by atoms with van der Waals surface area (Å²) in [7, 11) is 0. The number of benzene rings is 1. The highest BCUT2D eigenvalue weighted by atomic mass is 32.2. The van der Waals surface area contributed by atoms with Gasteiger partial charge in [-0.2, -0.15) is 0 Å². The van der Waals surface area contributed by atoms with Crippen molar-refractivity contribution in [2.45, 2.75) is 5.03 Å². The molecule has 0 fully saturated rings. The average molecular weight is 399 g/mol. The molecule has 0 radical (unpaired) electrons. The smallest absolute Gasteiger partial charge is 0.316 e. The van der Waals surface area contributed by atoms with E-state index < -0.39 is 5.97 Å². The predicted octanol–water partition coefficient (Wildman–Crippen LogP) is 2.62. The highest BCUT2D eigenvalue weighted by Crippen LogP contribution is 2.27. The number of amides is 2. The Labute approximate surface area is 162 Å². The average Bonchev–Trinajstić information content (AvgIpc) is 3.26. The first-order chi connectivity index (χ1) is 13.1. The number of imide groups is 1. The maximum atomic E-state index is 12.2. The number of thiophene rings is 1. The summed E-state index contributed by atoms with van der Waals surface area (Å²) in [6.45, 7) is -0.00641. The molecule has 0 N–H and O–H groups in total. The fourth-order valence-electron chi connectivity index (χ4n) is 2.74. The van der Waals surface area contributed by atoms with Gasteiger partial charge < -0.3 is 4.74 Å². The van der Waals surface area contributed by atoms with Crippen molar-refractivity contribution in [3.05, 3.63) is 53.2 Å². The Morgan fingerprint density at radius 2 is 1.85 bits per heavy atom. The third kappa shape index (κ3) is 3.43. The number of nitrogens with zero attached hydrogens (tertiary/aromatic N) is 3. The topological polar surface area (TPSA) is 89.5 Å². The molecule has 0 bridgehead atoms. The minimum Gasteiger partial charge on any atom is -0.463 e. The Balaban J connectivity index is 1.29. The van der Waals surface area contributed by atoms with Crippen molar-refractivity contribution in [2.24, 2.45) is 0 Å². The van der Waals surface area contributed by atoms with Gasteiger partial charge in [0.05, 0.1) is 23.4 Å². The summed E-state index contributed by atoms with van der Waals surface area (Å²) in [5.41, 5.74) is 0.765. The molecule has 3 aromatic rings. The van der Waals surface area contributed by atoms with Crippen LogP contribution in [0.4, 0.5) is 0 Å². The molecule has 2 aromatic heterocycles. The van der Waals surface area contributed by atoms with Gasteiger partial charge in [-0.25, -0.2) is 9.97 Å². The van der Waals surface area contributed by atoms with Gasteiger partial charge in [-0.1, -0.05) is 23.9 Å². The number of ether oxygens (including phenoxy) is 1. The number of aromatic nitrogens is 2. The Morgan fingerprint density at radius 3 is 2.59 bits per heavy atom. The maximum absolute atomic E-state index is 12.2. The highest BCUT2D eigenvalue weighted by molar-refractivity contribution is 8.00. The number of rotatable bonds is 6. The Hall–Kier alpha value is -2.78. The molecule has 1 aromatic carbocycles. The first-order valence-electron chi connectivity index (χ1n) is 8.07. The second-order valence-corrected chi connectivity index (χ2v) is 7.49. The lowest BCUT2D eigenvalue weighted by Crippen LogP contribution is -2.33. The van der Waals surface area contributed by atoms with Gasteiger partial charge in [0.25, 0.3) is 11.8 Å². The molecule has 7 nitrogen and oxygen atoms in total. The molecule has 1 aliphatic heterocycles. The van der Waals surface area contributed by atoms with Crippen LogP contribution in [0, 0.1) is 0 Å². The number of hydrogen-bond donors (Lipinski definition) is 0. The van der Waals surface area contributed by atoms with Crippen LogP contribution < -0.4 is 0 Å². The second-order valence-electron chi connectivity index (χ2n) is 5.63. The molecule has 2 amide bonds. The van der Waals surface area contributed by atoms with Crippen LogP contribution in [0.1, 0.15) is 20.7 Å². The van der Waals surface area contributed by atoms with Gasteiger partial charge in [-0.05, 0) is 23.6 Å². The normalized spacial score (nSPS) is 13.3. The van der Waals surface area contributed by atoms with Crippen molar-refractivity contribution in [1.82, 2.24) is 14.9 Å². The third-order valence-electron chi connectivity index (χ3n) is 4.01. The number of fused-ring (bicyclic) bond motifs is 2. The Bertz CT molecular complexity index is 1010. The van der Waals surface area contributed by atoms with E-state index in [-0.39, 0.29) is 30.7 Å². The molecule has 0 unspecified atom stereocenters. The lowest BCUT2D eigenvalue weighted by atomic mass is 10.1. The van der Waals surface area contributed by atoms with Gasteiger partial charge in [0.1, 0.15) is 22.8 Å². The van der Waals surface area contributed by atoms with Gasteiger partial charge in [-0.15, -0.1) is 11.3 Å². The maximum Gasteiger partial charge on any atom is 0.316 e. The summed E-state index contributed by atoms with van der Waals surface area (Å²) in [5.74, 6) is -1.06. The lowest BCUT2D eigenvalue weighted by Gasteiger charge is -2.13. The van der Waals surface area contributed by atoms with Crippen molar-refractivity contribution in [1.29, 1.82) is 0 Å². The number of esters is 1. The summed E-state index contributed by atoms with van der Waals surface area (Å²) in [4.78, 5) is 46.8. The van der Waals surface area contributed by atoms with Gasteiger partial charge in [0, 0.05) is 5.39 Å². The molecule has 0 spiro atoms. The SMILES string of the molecule is O=C(CSc1ncnc2sccc12)OCCN1C(=O)c2ccccc2C1=O. The fraction of sp³-hybridized carbons (Fsp3) is 0.167. The summed E-state index contributed by atoms with van der Waals surface area (Å²) < 4.78 is 5.17. The fourth-order valence-corrected chi connectivity index (χ4v) is 4.32. The van der Waals surface area contributed by atoms with Crippen LogP contribution in [0.5, 0.6) is 0 Å². The van der Waals surface area contributed by atoms with E-state index >= 15 is 0 Å². The quantitative estimate of drug-likeness (QED) is 0.272. The molecular weight excluding hydrogens is 386 g/mol. The summed E-state index contributed by atoms with van der Waals surface area (Å²) >= 11 is 2.78. The molecule has 27 heavy (non-hydrogen) atoms. The zero-order chi connectivity index (χ0) is 18.8. The van der Waals surface area contributed by atoms with Gasteiger partial charge in [-0.3, -0.25) is 19.3 Å². The first kappa shape index (κ1) is 17.6. The number of carbonyl (C=O) groups is 3. The molecule has 0 aliphatic carbocycles. The van der Waals surface area contributed by atoms with Crippen LogP contribution in [-0.4, -0.2) is 51.6 Å². The summed E-state index contributed by atoms with van der Waals surface area (Å²) in [6, 6.07) is 8.57. The first-order valence-corrected chi connectivity index (χ1v) is 9.93. The van der Waals surface area contributed by atoms with E-state index in [2.05, 4.69) is 9.97 Å². The largest absolute Gasteiger partial charge is 0.463 e. The highest BCUT2D eigenvalue weighted by Gasteiger charge is 2.34. The predicted molar refractivity (Wildman–Crippen MR) is 101 cm³/mol. The molecule has 0 saturated carbocycles. The zero-order valence-corrected chi connectivity index (χ0v) is 15.6. The van der Waals surface area contributed by atoms with E-state index in [0.717, 1.165) is 20.1 Å². The van der Waals surface area contributed by atoms with E-state index in [9.17, 15) is 14.4 Å². The van der Waals surface area contributed by atoms with Crippen molar-refractivity contribution in [3.8, 4) is 0 Å². The van der Waals surface area contributed by atoms with Gasteiger partial charge >= 0.3 is 5.97 Å². The Kier molecular flexibility index (Phi) is 4.87. The number of hydrogen-bond acceptors (Lipinski definition) is 8. The number of thioether (sulfide) groups is 1. The summed E-state index contributed by atoms with van der Waals surface area (Å²) in [5, 5.41) is 3.55.